The highest BCUT2D eigenvalue weighted by atomic mass is 19.1. The number of hydrogen-bond acceptors (Lipinski definition) is 5. The summed E-state index contributed by atoms with van der Waals surface area (Å²) in [4.78, 5) is 27.9. The Morgan fingerprint density at radius 1 is 1.16 bits per heavy atom. The van der Waals surface area contributed by atoms with E-state index in [1.165, 1.54) is 18.2 Å². The van der Waals surface area contributed by atoms with Crippen LogP contribution in [0.4, 0.5) is 8.78 Å². The number of Topliss-reactive ketones (excluding diaryl/α,β-unsaturated/α-hetero) is 1. The van der Waals surface area contributed by atoms with Crippen LogP contribution in [0.2, 0.25) is 0 Å². The number of carbonyl (C=O) groups is 2. The van der Waals surface area contributed by atoms with Crippen molar-refractivity contribution in [1.82, 2.24) is 4.90 Å². The highest BCUT2D eigenvalue weighted by molar-refractivity contribution is 6.01. The standard InChI is InChI=1S/C30H35F2NO4/c1-27-9-8-20(35)11-23(27)24(31)12-22-21-10-19-15-33(14-18-6-4-3-5-7-18)17-29(19,26(37)16-34)28(21,2)13-25(36)30(22,27)32/h3-9,11,19,21-22,24-25,34,36H,10,12-17H2,1-2H3/t19-,21-,22-,24-,25-,27-,28-,29+,30-/m0/s1. The second kappa shape index (κ2) is 8.14. The van der Waals surface area contributed by atoms with Gasteiger partial charge >= 0.3 is 0 Å². The number of halogens is 2. The maximum Gasteiger partial charge on any atom is 0.178 e. The Hall–Kier alpha value is -2.22. The van der Waals surface area contributed by atoms with E-state index in [1.807, 2.05) is 37.3 Å². The molecule has 7 heteroatoms. The number of nitrogens with zero attached hydrogens (tertiary/aromatic N) is 1. The predicted octanol–water partition coefficient (Wildman–Crippen LogP) is 3.59. The lowest BCUT2D eigenvalue weighted by Crippen LogP contribution is -2.69. The molecule has 0 unspecified atom stereocenters. The summed E-state index contributed by atoms with van der Waals surface area (Å²) in [6, 6.07) is 9.99. The number of aliphatic hydroxyl groups is 2. The van der Waals surface area contributed by atoms with Gasteiger partial charge in [0, 0.05) is 31.0 Å². The number of hydrogen-bond donors (Lipinski definition) is 2. The van der Waals surface area contributed by atoms with Crippen LogP contribution in [0.1, 0.15) is 38.7 Å². The molecular formula is C30H35F2NO4. The monoisotopic (exact) mass is 511 g/mol. The van der Waals surface area contributed by atoms with Gasteiger partial charge in [-0.3, -0.25) is 14.5 Å². The largest absolute Gasteiger partial charge is 0.390 e. The Labute approximate surface area is 216 Å². The molecule has 5 nitrogen and oxygen atoms in total. The van der Waals surface area contributed by atoms with Gasteiger partial charge in [0.2, 0.25) is 0 Å². The van der Waals surface area contributed by atoms with E-state index in [0.29, 0.717) is 26.1 Å². The van der Waals surface area contributed by atoms with Gasteiger partial charge in [-0.25, -0.2) is 8.78 Å². The third kappa shape index (κ3) is 3.05. The molecule has 0 aromatic heterocycles. The van der Waals surface area contributed by atoms with Crippen LogP contribution < -0.4 is 0 Å². The van der Waals surface area contributed by atoms with Crippen molar-refractivity contribution in [3.8, 4) is 0 Å². The first kappa shape index (κ1) is 25.1. The fraction of sp³-hybridized carbons (Fsp3) is 0.600. The number of alkyl halides is 2. The molecule has 1 aliphatic heterocycles. The lowest BCUT2D eigenvalue weighted by molar-refractivity contribution is -0.212. The molecule has 198 valence electrons. The summed E-state index contributed by atoms with van der Waals surface area (Å²) in [7, 11) is 0. The van der Waals surface area contributed by atoms with E-state index in [0.717, 1.165) is 5.56 Å². The minimum atomic E-state index is -2.16. The molecule has 1 aromatic rings. The SMILES string of the molecule is C[C@]12C=CC(=O)C=C1[C@@H](F)C[C@H]1[C@@H]3C[C@H]4CN(Cc5ccccc5)C[C@@]4(C(=O)CO)[C@@]3(C)C[C@H](O)[C@@]12F. The maximum absolute atomic E-state index is 17.4. The van der Waals surface area contributed by atoms with Crippen molar-refractivity contribution in [1.29, 1.82) is 0 Å². The normalized spacial score (nSPS) is 46.6. The van der Waals surface area contributed by atoms with E-state index < -0.39 is 46.7 Å². The van der Waals surface area contributed by atoms with Gasteiger partial charge in [-0.05, 0) is 66.7 Å². The molecule has 2 N–H and O–H groups in total. The van der Waals surface area contributed by atoms with Gasteiger partial charge in [-0.2, -0.15) is 0 Å². The molecule has 1 saturated heterocycles. The topological polar surface area (TPSA) is 77.8 Å². The Morgan fingerprint density at radius 3 is 2.59 bits per heavy atom. The third-order valence-electron chi connectivity index (χ3n) is 11.1. The van der Waals surface area contributed by atoms with Crippen LogP contribution in [0, 0.1) is 34.0 Å². The van der Waals surface area contributed by atoms with Crippen molar-refractivity contribution in [2.75, 3.05) is 19.7 Å². The van der Waals surface area contributed by atoms with Gasteiger partial charge in [-0.1, -0.05) is 43.3 Å². The average Bonchev–Trinajstić information content (AvgIpc) is 3.34. The summed E-state index contributed by atoms with van der Waals surface area (Å²) < 4.78 is 33.1. The van der Waals surface area contributed by atoms with Crippen molar-refractivity contribution < 1.29 is 28.6 Å². The van der Waals surface area contributed by atoms with Gasteiger partial charge < -0.3 is 10.2 Å². The molecule has 4 fully saturated rings. The summed E-state index contributed by atoms with van der Waals surface area (Å²) in [6.07, 6.45) is 1.45. The van der Waals surface area contributed by atoms with Crippen LogP contribution >= 0.6 is 0 Å². The molecule has 0 radical (unpaired) electrons. The smallest absolute Gasteiger partial charge is 0.178 e. The molecule has 0 spiro atoms. The fourth-order valence-corrected chi connectivity index (χ4v) is 9.48. The molecule has 0 bridgehead atoms. The number of aliphatic hydroxyl groups excluding tert-OH is 2. The number of allylic oxidation sites excluding steroid dienone is 4. The molecule has 1 heterocycles. The first-order valence-electron chi connectivity index (χ1n) is 13.4. The molecular weight excluding hydrogens is 476 g/mol. The van der Waals surface area contributed by atoms with Crippen LogP contribution in [0.5, 0.6) is 0 Å². The second-order valence-corrected chi connectivity index (χ2v) is 12.5. The Balaban J connectivity index is 1.41. The zero-order valence-corrected chi connectivity index (χ0v) is 21.4. The summed E-state index contributed by atoms with van der Waals surface area (Å²) in [5.41, 5.74) is -4.10. The van der Waals surface area contributed by atoms with Crippen molar-refractivity contribution in [3.63, 3.8) is 0 Å². The number of rotatable bonds is 4. The van der Waals surface area contributed by atoms with E-state index >= 15 is 8.78 Å². The van der Waals surface area contributed by atoms with Crippen molar-refractivity contribution >= 4 is 11.6 Å². The van der Waals surface area contributed by atoms with Gasteiger partial charge in [0.15, 0.2) is 17.2 Å². The number of likely N-dealkylation sites (tertiary alicyclic amines) is 1. The zero-order valence-electron chi connectivity index (χ0n) is 21.4. The van der Waals surface area contributed by atoms with E-state index in [1.54, 1.807) is 6.92 Å². The Morgan fingerprint density at radius 2 is 1.89 bits per heavy atom. The Bertz CT molecular complexity index is 1200. The molecule has 5 aliphatic rings. The van der Waals surface area contributed by atoms with Crippen LogP contribution in [-0.2, 0) is 16.1 Å². The van der Waals surface area contributed by atoms with Gasteiger partial charge in [0.1, 0.15) is 12.8 Å². The average molecular weight is 512 g/mol. The van der Waals surface area contributed by atoms with Crippen LogP contribution in [0.15, 0.2) is 54.1 Å². The van der Waals surface area contributed by atoms with E-state index in [-0.39, 0.29) is 41.8 Å². The van der Waals surface area contributed by atoms with Gasteiger partial charge in [0.25, 0.3) is 0 Å². The zero-order chi connectivity index (χ0) is 26.4. The second-order valence-electron chi connectivity index (χ2n) is 12.5. The van der Waals surface area contributed by atoms with Gasteiger partial charge in [-0.15, -0.1) is 0 Å². The summed E-state index contributed by atoms with van der Waals surface area (Å²) in [5, 5.41) is 21.7. The third-order valence-corrected chi connectivity index (χ3v) is 11.1. The van der Waals surface area contributed by atoms with E-state index in [9.17, 15) is 19.8 Å². The van der Waals surface area contributed by atoms with Crippen LogP contribution in [0.25, 0.3) is 0 Å². The molecule has 0 amide bonds. The minimum Gasteiger partial charge on any atom is -0.390 e. The van der Waals surface area contributed by atoms with Crippen molar-refractivity contribution in [2.45, 2.75) is 57.6 Å². The number of ketones is 2. The highest BCUT2D eigenvalue weighted by Gasteiger charge is 2.78. The highest BCUT2D eigenvalue weighted by Crippen LogP contribution is 2.74. The van der Waals surface area contributed by atoms with Gasteiger partial charge in [0.05, 0.1) is 11.5 Å². The Kier molecular flexibility index (Phi) is 5.52. The maximum atomic E-state index is 17.4. The lowest BCUT2D eigenvalue weighted by atomic mass is 9.43. The molecule has 6 rings (SSSR count). The number of fused-ring (bicyclic) bond motifs is 7. The predicted molar refractivity (Wildman–Crippen MR) is 134 cm³/mol. The fourth-order valence-electron chi connectivity index (χ4n) is 9.48. The van der Waals surface area contributed by atoms with Crippen LogP contribution in [-0.4, -0.2) is 64.3 Å². The molecule has 9 atom stereocenters. The van der Waals surface area contributed by atoms with Crippen molar-refractivity contribution in [2.24, 2.45) is 34.0 Å². The van der Waals surface area contributed by atoms with E-state index in [4.69, 9.17) is 0 Å². The van der Waals surface area contributed by atoms with E-state index in [2.05, 4.69) is 4.90 Å². The molecule has 1 aromatic carbocycles. The first-order valence-corrected chi connectivity index (χ1v) is 13.4. The number of carbonyl (C=O) groups excluding carboxylic acids is 2. The van der Waals surface area contributed by atoms with Crippen molar-refractivity contribution in [3.05, 3.63) is 59.7 Å². The summed E-state index contributed by atoms with van der Waals surface area (Å²) >= 11 is 0. The van der Waals surface area contributed by atoms with Crippen LogP contribution in [0.3, 0.4) is 0 Å². The number of benzene rings is 1. The summed E-state index contributed by atoms with van der Waals surface area (Å²) in [5.74, 6) is -1.89. The molecule has 37 heavy (non-hydrogen) atoms. The quantitative estimate of drug-likeness (QED) is 0.646. The molecule has 3 saturated carbocycles. The molecule has 4 aliphatic carbocycles. The summed E-state index contributed by atoms with van der Waals surface area (Å²) in [6.45, 7) is 4.66. The minimum absolute atomic E-state index is 0.0493. The first-order chi connectivity index (χ1) is 17.5. The lowest BCUT2D eigenvalue weighted by Gasteiger charge is -2.63.